The van der Waals surface area contributed by atoms with Gasteiger partial charge in [-0.1, -0.05) is 6.07 Å². The molecule has 2 heteroatoms. The van der Waals surface area contributed by atoms with Crippen molar-refractivity contribution in [3.63, 3.8) is 0 Å². The fourth-order valence-corrected chi connectivity index (χ4v) is 1.90. The van der Waals surface area contributed by atoms with Crippen molar-refractivity contribution < 1.29 is 9.50 Å². The average Bonchev–Trinajstić information content (AvgIpc) is 2.05. The van der Waals surface area contributed by atoms with Crippen LogP contribution in [0.4, 0.5) is 4.39 Å². The van der Waals surface area contributed by atoms with E-state index in [-0.39, 0.29) is 5.75 Å². The highest BCUT2D eigenvalue weighted by Gasteiger charge is 2.29. The van der Waals surface area contributed by atoms with Crippen LogP contribution in [0.1, 0.15) is 24.5 Å². The minimum Gasteiger partial charge on any atom is -0.508 e. The topological polar surface area (TPSA) is 20.2 Å². The molecule has 1 aliphatic carbocycles. The highest BCUT2D eigenvalue weighted by molar-refractivity contribution is 5.37. The fraction of sp³-hybridized carbons (Fsp3) is 0.455. The molecule has 1 aromatic rings. The fourth-order valence-electron chi connectivity index (χ4n) is 1.90. The van der Waals surface area contributed by atoms with E-state index in [0.717, 1.165) is 17.5 Å². The summed E-state index contributed by atoms with van der Waals surface area (Å²) in [5.41, 5.74) is 1.06. The van der Waals surface area contributed by atoms with Crippen molar-refractivity contribution in [1.82, 2.24) is 0 Å². The van der Waals surface area contributed by atoms with E-state index in [0.29, 0.717) is 12.8 Å². The second kappa shape index (κ2) is 2.72. The second-order valence-corrected chi connectivity index (χ2v) is 4.04. The maximum atomic E-state index is 13.6. The molecule has 2 rings (SSSR count). The third kappa shape index (κ3) is 1.67. The summed E-state index contributed by atoms with van der Waals surface area (Å²) >= 11 is 0. The van der Waals surface area contributed by atoms with Crippen LogP contribution < -0.4 is 0 Å². The van der Waals surface area contributed by atoms with Crippen molar-refractivity contribution in [2.75, 3.05) is 0 Å². The summed E-state index contributed by atoms with van der Waals surface area (Å²) < 4.78 is 13.6. The number of phenolic OH excluding ortho intramolecular Hbond substituents is 1. The van der Waals surface area contributed by atoms with Gasteiger partial charge in [0.25, 0.3) is 0 Å². The smallest absolute Gasteiger partial charge is 0.115 e. The molecule has 0 aromatic heterocycles. The first-order valence-electron chi connectivity index (χ1n) is 4.56. The van der Waals surface area contributed by atoms with Gasteiger partial charge >= 0.3 is 0 Å². The first kappa shape index (κ1) is 8.54. The lowest BCUT2D eigenvalue weighted by molar-refractivity contribution is 0.166. The molecular formula is C11H13FO. The van der Waals surface area contributed by atoms with Gasteiger partial charge in [-0.3, -0.25) is 0 Å². The molecule has 0 heterocycles. The Labute approximate surface area is 77.2 Å². The molecule has 1 nitrogen and oxygen atoms in total. The van der Waals surface area contributed by atoms with E-state index in [1.807, 2.05) is 6.07 Å². The van der Waals surface area contributed by atoms with Crippen LogP contribution in [0.15, 0.2) is 18.2 Å². The second-order valence-electron chi connectivity index (χ2n) is 4.04. The van der Waals surface area contributed by atoms with Gasteiger partial charge in [-0.25, -0.2) is 4.39 Å². The van der Waals surface area contributed by atoms with Crippen LogP contribution in [0.25, 0.3) is 0 Å². The summed E-state index contributed by atoms with van der Waals surface area (Å²) in [6.07, 6.45) is 1.77. The zero-order valence-electron chi connectivity index (χ0n) is 7.68. The van der Waals surface area contributed by atoms with Crippen molar-refractivity contribution >= 4 is 0 Å². The lowest BCUT2D eigenvalue weighted by Gasteiger charge is -2.27. The van der Waals surface area contributed by atoms with E-state index in [4.69, 9.17) is 0 Å². The van der Waals surface area contributed by atoms with Crippen molar-refractivity contribution in [3.05, 3.63) is 29.3 Å². The van der Waals surface area contributed by atoms with Crippen LogP contribution in [0.3, 0.4) is 0 Å². The van der Waals surface area contributed by atoms with E-state index < -0.39 is 5.67 Å². The van der Waals surface area contributed by atoms with E-state index in [9.17, 15) is 9.50 Å². The molecule has 1 N–H and O–H groups in total. The molecule has 0 saturated carbocycles. The molecule has 1 aliphatic rings. The van der Waals surface area contributed by atoms with Crippen LogP contribution in [-0.4, -0.2) is 10.8 Å². The zero-order chi connectivity index (χ0) is 9.47. The highest BCUT2D eigenvalue weighted by Crippen LogP contribution is 2.32. The van der Waals surface area contributed by atoms with Crippen molar-refractivity contribution in [3.8, 4) is 5.75 Å². The largest absolute Gasteiger partial charge is 0.508 e. The lowest BCUT2D eigenvalue weighted by Crippen LogP contribution is -2.27. The van der Waals surface area contributed by atoms with E-state index >= 15 is 0 Å². The maximum absolute atomic E-state index is 13.6. The Bertz CT molecular complexity index is 331. The summed E-state index contributed by atoms with van der Waals surface area (Å²) in [7, 11) is 0. The molecule has 13 heavy (non-hydrogen) atoms. The Morgan fingerprint density at radius 2 is 2.15 bits per heavy atom. The average molecular weight is 180 g/mol. The normalized spacial score (nSPS) is 26.9. The van der Waals surface area contributed by atoms with Crippen molar-refractivity contribution in [2.24, 2.45) is 0 Å². The lowest BCUT2D eigenvalue weighted by atomic mass is 9.83. The van der Waals surface area contributed by atoms with Gasteiger partial charge in [-0.2, -0.15) is 0 Å². The Hall–Kier alpha value is -1.05. The third-order valence-electron chi connectivity index (χ3n) is 2.66. The SMILES string of the molecule is CC1(F)CCc2cc(O)ccc2C1. The molecule has 1 unspecified atom stereocenters. The van der Waals surface area contributed by atoms with Gasteiger partial charge in [-0.05, 0) is 43.0 Å². The molecular weight excluding hydrogens is 167 g/mol. The first-order valence-corrected chi connectivity index (χ1v) is 4.56. The minimum absolute atomic E-state index is 0.279. The molecule has 0 radical (unpaired) electrons. The summed E-state index contributed by atoms with van der Waals surface area (Å²) in [4.78, 5) is 0. The summed E-state index contributed by atoms with van der Waals surface area (Å²) in [6, 6.07) is 5.19. The van der Waals surface area contributed by atoms with Gasteiger partial charge in [0.2, 0.25) is 0 Å². The van der Waals surface area contributed by atoms with Crippen LogP contribution in [0.2, 0.25) is 0 Å². The quantitative estimate of drug-likeness (QED) is 0.650. The maximum Gasteiger partial charge on any atom is 0.115 e. The molecule has 0 aliphatic heterocycles. The van der Waals surface area contributed by atoms with Gasteiger partial charge in [0.1, 0.15) is 11.4 Å². The number of fused-ring (bicyclic) bond motifs is 1. The van der Waals surface area contributed by atoms with Gasteiger partial charge < -0.3 is 5.11 Å². The van der Waals surface area contributed by atoms with Crippen molar-refractivity contribution in [2.45, 2.75) is 31.9 Å². The number of halogens is 1. The number of phenols is 1. The molecule has 0 spiro atoms. The molecule has 1 atom stereocenters. The van der Waals surface area contributed by atoms with E-state index in [1.165, 1.54) is 0 Å². The van der Waals surface area contributed by atoms with Gasteiger partial charge in [0, 0.05) is 6.42 Å². The number of rotatable bonds is 0. The zero-order valence-corrected chi connectivity index (χ0v) is 7.68. The molecule has 0 bridgehead atoms. The number of aryl methyl sites for hydroxylation is 1. The van der Waals surface area contributed by atoms with Gasteiger partial charge in [0.15, 0.2) is 0 Å². The molecule has 0 fully saturated rings. The number of hydrogen-bond donors (Lipinski definition) is 1. The van der Waals surface area contributed by atoms with E-state index in [1.54, 1.807) is 19.1 Å². The number of aromatic hydroxyl groups is 1. The monoisotopic (exact) mass is 180 g/mol. The summed E-state index contributed by atoms with van der Waals surface area (Å²) in [5.74, 6) is 0.279. The van der Waals surface area contributed by atoms with Crippen molar-refractivity contribution in [1.29, 1.82) is 0 Å². The number of benzene rings is 1. The van der Waals surface area contributed by atoms with Crippen LogP contribution in [0, 0.1) is 0 Å². The van der Waals surface area contributed by atoms with Gasteiger partial charge in [-0.15, -0.1) is 0 Å². The number of hydrogen-bond acceptors (Lipinski definition) is 1. The summed E-state index contributed by atoms with van der Waals surface area (Å²) in [6.45, 7) is 1.64. The molecule has 0 saturated heterocycles. The number of alkyl halides is 1. The predicted molar refractivity (Wildman–Crippen MR) is 49.6 cm³/mol. The Balaban J connectivity index is 2.37. The standard InChI is InChI=1S/C11H13FO/c1-11(12)5-4-8-6-10(13)3-2-9(8)7-11/h2-3,6,13H,4-5,7H2,1H3. The van der Waals surface area contributed by atoms with E-state index in [2.05, 4.69) is 0 Å². The summed E-state index contributed by atoms with van der Waals surface area (Å²) in [5, 5.41) is 9.22. The van der Waals surface area contributed by atoms with Crippen LogP contribution >= 0.6 is 0 Å². The molecule has 0 amide bonds. The third-order valence-corrected chi connectivity index (χ3v) is 2.66. The molecule has 70 valence electrons. The van der Waals surface area contributed by atoms with Gasteiger partial charge in [0.05, 0.1) is 0 Å². The predicted octanol–water partition coefficient (Wildman–Crippen LogP) is 2.61. The Morgan fingerprint density at radius 1 is 1.38 bits per heavy atom. The minimum atomic E-state index is -1.07. The van der Waals surface area contributed by atoms with Crippen LogP contribution in [0.5, 0.6) is 5.75 Å². The molecule has 1 aromatic carbocycles. The Morgan fingerprint density at radius 3 is 2.92 bits per heavy atom. The first-order chi connectivity index (χ1) is 6.07. The van der Waals surface area contributed by atoms with Crippen LogP contribution in [-0.2, 0) is 12.8 Å². The Kier molecular flexibility index (Phi) is 1.79. The highest BCUT2D eigenvalue weighted by atomic mass is 19.1.